The van der Waals surface area contributed by atoms with Gasteiger partial charge >= 0.3 is 0 Å². The summed E-state index contributed by atoms with van der Waals surface area (Å²) in [5, 5.41) is 0. The van der Waals surface area contributed by atoms with Crippen LogP contribution in [0.25, 0.3) is 11.1 Å². The molecule has 0 aromatic heterocycles. The molecule has 2 aromatic rings. The van der Waals surface area contributed by atoms with E-state index in [2.05, 4.69) is 126 Å². The molecule has 0 N–H and O–H groups in total. The second-order valence-corrected chi connectivity index (χ2v) is 11.3. The molecule has 0 radical (unpaired) electrons. The average molecular weight is 608 g/mol. The maximum atomic E-state index is 2.81. The number of allylic oxidation sites excluding steroid dienone is 4. The molecule has 2 heteroatoms. The highest BCUT2D eigenvalue weighted by molar-refractivity contribution is 14.1. The van der Waals surface area contributed by atoms with Crippen molar-refractivity contribution < 1.29 is 0 Å². The molecule has 0 spiro atoms. The number of benzene rings is 2. The quantitative estimate of drug-likeness (QED) is 0.167. The molecule has 0 saturated heterocycles. The molecule has 152 valence electrons. The van der Waals surface area contributed by atoms with E-state index in [1.807, 2.05) is 0 Å². The Hall–Kier alpha value is -0.620. The van der Waals surface area contributed by atoms with Crippen LogP contribution in [-0.4, -0.2) is 4.43 Å². The first-order valence-electron chi connectivity index (χ1n) is 10.9. The predicted molar refractivity (Wildman–Crippen MR) is 144 cm³/mol. The van der Waals surface area contributed by atoms with Crippen LogP contribution in [0.2, 0.25) is 0 Å². The minimum atomic E-state index is 0.230. The monoisotopic (exact) mass is 608 g/mol. The summed E-state index contributed by atoms with van der Waals surface area (Å²) >= 11 is 5.44. The third-order valence-corrected chi connectivity index (χ3v) is 11.7. The second-order valence-electron chi connectivity index (χ2n) is 8.73. The van der Waals surface area contributed by atoms with E-state index in [1.54, 1.807) is 16.7 Å². The highest BCUT2D eigenvalue weighted by atomic mass is 127. The standard InChI is InChI=1S/C27H30I2/c1-3-4-11-16-26(2)24-18-22(20-12-7-5-8-13-20)17-23(21-14-9-6-10-15-21)25(24)27(26,29)19-28/h5-10,12-14,17-18,21H,3-4,11,15-16,19H2,1-2H3/t21?,26-,27?/m1/s1. The van der Waals surface area contributed by atoms with Gasteiger partial charge in [0.05, 0.1) is 3.42 Å². The molecule has 0 heterocycles. The van der Waals surface area contributed by atoms with Gasteiger partial charge in [-0.15, -0.1) is 0 Å². The van der Waals surface area contributed by atoms with Gasteiger partial charge in [-0.1, -0.05) is 145 Å². The van der Waals surface area contributed by atoms with Crippen molar-refractivity contribution in [2.45, 2.75) is 60.7 Å². The Labute approximate surface area is 203 Å². The lowest BCUT2D eigenvalue weighted by Crippen LogP contribution is -2.55. The molecular formula is C27H30I2. The van der Waals surface area contributed by atoms with E-state index in [1.165, 1.54) is 41.2 Å². The summed E-state index contributed by atoms with van der Waals surface area (Å²) in [6.45, 7) is 4.84. The summed E-state index contributed by atoms with van der Waals surface area (Å²) in [5.41, 5.74) is 7.78. The topological polar surface area (TPSA) is 0 Å². The molecule has 0 amide bonds. The van der Waals surface area contributed by atoms with Crippen LogP contribution in [-0.2, 0) is 8.84 Å². The van der Waals surface area contributed by atoms with Crippen molar-refractivity contribution in [2.24, 2.45) is 0 Å². The molecule has 0 saturated carbocycles. The number of alkyl halides is 2. The molecule has 0 bridgehead atoms. The molecule has 4 rings (SSSR count). The van der Waals surface area contributed by atoms with Crippen molar-refractivity contribution in [3.05, 3.63) is 83.5 Å². The van der Waals surface area contributed by atoms with Gasteiger partial charge in [0.15, 0.2) is 0 Å². The zero-order valence-electron chi connectivity index (χ0n) is 17.4. The Bertz CT molecular complexity index is 927. The molecule has 2 aromatic carbocycles. The molecule has 2 aliphatic rings. The zero-order valence-corrected chi connectivity index (χ0v) is 21.7. The van der Waals surface area contributed by atoms with Gasteiger partial charge in [-0.05, 0) is 40.7 Å². The van der Waals surface area contributed by atoms with E-state index in [4.69, 9.17) is 0 Å². The van der Waals surface area contributed by atoms with Crippen molar-refractivity contribution >= 4 is 45.2 Å². The van der Waals surface area contributed by atoms with E-state index in [0.29, 0.717) is 5.92 Å². The lowest BCUT2D eigenvalue weighted by atomic mass is 9.53. The van der Waals surface area contributed by atoms with E-state index in [-0.39, 0.29) is 8.84 Å². The molecule has 0 aliphatic heterocycles. The third kappa shape index (κ3) is 3.66. The number of hydrogen-bond donors (Lipinski definition) is 0. The molecule has 0 fully saturated rings. The number of halogens is 2. The highest BCUT2D eigenvalue weighted by Crippen LogP contribution is 2.65. The van der Waals surface area contributed by atoms with E-state index in [9.17, 15) is 0 Å². The maximum Gasteiger partial charge on any atom is 0.0658 e. The zero-order chi connectivity index (χ0) is 20.5. The smallest absolute Gasteiger partial charge is 0.0658 e. The number of rotatable bonds is 7. The Kier molecular flexibility index (Phi) is 6.60. The normalized spacial score (nSPS) is 27.5. The van der Waals surface area contributed by atoms with Crippen molar-refractivity contribution in [3.8, 4) is 11.1 Å². The minimum absolute atomic E-state index is 0.230. The lowest BCUT2D eigenvalue weighted by Gasteiger charge is -2.57. The molecule has 2 unspecified atom stereocenters. The summed E-state index contributed by atoms with van der Waals surface area (Å²) in [7, 11) is 0. The second kappa shape index (κ2) is 8.86. The summed E-state index contributed by atoms with van der Waals surface area (Å²) in [4.78, 5) is 0. The summed E-state index contributed by atoms with van der Waals surface area (Å²) < 4.78 is 1.40. The van der Waals surface area contributed by atoms with Crippen molar-refractivity contribution in [1.29, 1.82) is 0 Å². The Morgan fingerprint density at radius 2 is 1.83 bits per heavy atom. The number of unbranched alkanes of at least 4 members (excludes halogenated alkanes) is 2. The molecule has 0 nitrogen and oxygen atoms in total. The largest absolute Gasteiger partial charge is 0.0845 e. The van der Waals surface area contributed by atoms with E-state index in [0.717, 1.165) is 6.42 Å². The minimum Gasteiger partial charge on any atom is -0.0845 e. The number of fused-ring (bicyclic) bond motifs is 1. The highest BCUT2D eigenvalue weighted by Gasteiger charge is 2.59. The van der Waals surface area contributed by atoms with E-state index < -0.39 is 0 Å². The Morgan fingerprint density at radius 1 is 1.03 bits per heavy atom. The fourth-order valence-electron chi connectivity index (χ4n) is 5.15. The number of hydrogen-bond acceptors (Lipinski definition) is 0. The first kappa shape index (κ1) is 21.6. The summed E-state index contributed by atoms with van der Waals surface area (Å²) in [6, 6.07) is 16.0. The van der Waals surface area contributed by atoms with Gasteiger partial charge < -0.3 is 0 Å². The summed E-state index contributed by atoms with van der Waals surface area (Å²) in [5.74, 6) is 0.495. The SMILES string of the molecule is CCCCC[C@]1(C)c2cc(-c3ccccc3)cc(C3C=CC=CC3)c2C1(I)CI. The van der Waals surface area contributed by atoms with Gasteiger partial charge in [-0.2, -0.15) is 0 Å². The molecule has 2 aliphatic carbocycles. The van der Waals surface area contributed by atoms with Crippen LogP contribution in [0.15, 0.2) is 66.8 Å². The van der Waals surface area contributed by atoms with Gasteiger partial charge in [0.1, 0.15) is 0 Å². The molecule has 3 atom stereocenters. The maximum absolute atomic E-state index is 2.81. The van der Waals surface area contributed by atoms with Crippen LogP contribution < -0.4 is 0 Å². The summed E-state index contributed by atoms with van der Waals surface area (Å²) in [6.07, 6.45) is 15.5. The van der Waals surface area contributed by atoms with Crippen LogP contribution >= 0.6 is 45.2 Å². The fourth-order valence-corrected chi connectivity index (χ4v) is 7.53. The van der Waals surface area contributed by atoms with Crippen LogP contribution in [0.1, 0.15) is 68.6 Å². The first-order chi connectivity index (χ1) is 14.0. The Morgan fingerprint density at radius 3 is 2.48 bits per heavy atom. The fraction of sp³-hybridized carbons (Fsp3) is 0.407. The van der Waals surface area contributed by atoms with Crippen molar-refractivity contribution in [1.82, 2.24) is 0 Å². The van der Waals surface area contributed by atoms with E-state index >= 15 is 0 Å². The average Bonchev–Trinajstić information content (AvgIpc) is 2.79. The van der Waals surface area contributed by atoms with Gasteiger partial charge in [-0.3, -0.25) is 0 Å². The van der Waals surface area contributed by atoms with Crippen LogP contribution in [0.5, 0.6) is 0 Å². The first-order valence-corrected chi connectivity index (χ1v) is 13.5. The van der Waals surface area contributed by atoms with Gasteiger partial charge in [0, 0.05) is 15.8 Å². The van der Waals surface area contributed by atoms with Gasteiger partial charge in [0.2, 0.25) is 0 Å². The van der Waals surface area contributed by atoms with Crippen LogP contribution in [0.3, 0.4) is 0 Å². The molecule has 29 heavy (non-hydrogen) atoms. The van der Waals surface area contributed by atoms with Crippen molar-refractivity contribution in [2.75, 3.05) is 4.43 Å². The predicted octanol–water partition coefficient (Wildman–Crippen LogP) is 8.87. The van der Waals surface area contributed by atoms with Gasteiger partial charge in [0.25, 0.3) is 0 Å². The van der Waals surface area contributed by atoms with Crippen molar-refractivity contribution in [3.63, 3.8) is 0 Å². The van der Waals surface area contributed by atoms with Gasteiger partial charge in [-0.25, -0.2) is 0 Å². The van der Waals surface area contributed by atoms with Crippen LogP contribution in [0.4, 0.5) is 0 Å². The van der Waals surface area contributed by atoms with Crippen LogP contribution in [0, 0.1) is 0 Å². The third-order valence-electron chi connectivity index (χ3n) is 6.99. The lowest BCUT2D eigenvalue weighted by molar-refractivity contribution is 0.288. The molecular weight excluding hydrogens is 578 g/mol. The Balaban J connectivity index is 1.87.